The molecule has 0 fully saturated rings. The van der Waals surface area contributed by atoms with Crippen LogP contribution in [0.25, 0.3) is 11.4 Å². The van der Waals surface area contributed by atoms with Gasteiger partial charge >= 0.3 is 6.18 Å². The summed E-state index contributed by atoms with van der Waals surface area (Å²) < 4.78 is 53.9. The van der Waals surface area contributed by atoms with Crippen LogP contribution >= 0.6 is 0 Å². The molecule has 0 saturated heterocycles. The van der Waals surface area contributed by atoms with E-state index in [1.165, 1.54) is 37.4 Å². The number of nitro benzene ring substituents is 1. The maximum absolute atomic E-state index is 12.8. The van der Waals surface area contributed by atoms with Gasteiger partial charge in [-0.05, 0) is 18.2 Å². The van der Waals surface area contributed by atoms with Crippen molar-refractivity contribution >= 4 is 5.69 Å². The Morgan fingerprint density at radius 3 is 2.64 bits per heavy atom. The summed E-state index contributed by atoms with van der Waals surface area (Å²) in [5, 5.41) is 14.5. The van der Waals surface area contributed by atoms with Crippen molar-refractivity contribution in [2.45, 2.75) is 12.8 Å². The number of benzene rings is 2. The van der Waals surface area contributed by atoms with Gasteiger partial charge in [-0.3, -0.25) is 10.1 Å². The third kappa shape index (κ3) is 4.19. The lowest BCUT2D eigenvalue weighted by molar-refractivity contribution is -0.385. The molecule has 0 atom stereocenters. The molecule has 0 bridgehead atoms. The fraction of sp³-hybridized carbons (Fsp3) is 0.176. The van der Waals surface area contributed by atoms with E-state index in [1.807, 2.05) is 0 Å². The van der Waals surface area contributed by atoms with E-state index in [2.05, 4.69) is 10.1 Å². The van der Waals surface area contributed by atoms with Crippen LogP contribution in [0.2, 0.25) is 0 Å². The van der Waals surface area contributed by atoms with Crippen molar-refractivity contribution in [2.24, 2.45) is 0 Å². The van der Waals surface area contributed by atoms with E-state index in [0.717, 1.165) is 12.1 Å². The third-order valence-corrected chi connectivity index (χ3v) is 3.63. The summed E-state index contributed by atoms with van der Waals surface area (Å²) in [5.74, 6) is 0.260. The molecular formula is C17H12F3N3O5. The molecule has 0 amide bonds. The van der Waals surface area contributed by atoms with E-state index >= 15 is 0 Å². The topological polar surface area (TPSA) is 101 Å². The quantitative estimate of drug-likeness (QED) is 0.454. The van der Waals surface area contributed by atoms with Crippen LogP contribution in [0, 0.1) is 10.1 Å². The van der Waals surface area contributed by atoms with Gasteiger partial charge in [-0.1, -0.05) is 17.3 Å². The zero-order chi connectivity index (χ0) is 20.3. The fourth-order valence-electron chi connectivity index (χ4n) is 2.30. The highest BCUT2D eigenvalue weighted by atomic mass is 19.4. The van der Waals surface area contributed by atoms with Crippen molar-refractivity contribution in [1.29, 1.82) is 0 Å². The van der Waals surface area contributed by atoms with Crippen LogP contribution in [0.15, 0.2) is 47.0 Å². The molecule has 1 aromatic heterocycles. The van der Waals surface area contributed by atoms with Crippen LogP contribution in [0.5, 0.6) is 11.5 Å². The molecule has 3 aromatic rings. The summed E-state index contributed by atoms with van der Waals surface area (Å²) in [5.41, 5.74) is -0.919. The minimum atomic E-state index is -4.50. The number of alkyl halides is 3. The standard InChI is InChI=1S/C17H12F3N3O5/c1-26-13-6-5-12(23(24)25)8-14(13)27-9-15-21-16(22-28-15)10-3-2-4-11(7-10)17(18,19)20/h2-8H,9H2,1H3. The first-order valence-electron chi connectivity index (χ1n) is 7.73. The number of methoxy groups -OCH3 is 1. The Labute approximate surface area is 155 Å². The van der Waals surface area contributed by atoms with Crippen molar-refractivity contribution in [3.05, 3.63) is 64.0 Å². The number of hydrogen-bond donors (Lipinski definition) is 0. The summed E-state index contributed by atoms with van der Waals surface area (Å²) >= 11 is 0. The highest BCUT2D eigenvalue weighted by Crippen LogP contribution is 2.33. The molecule has 0 unspecified atom stereocenters. The largest absolute Gasteiger partial charge is 0.493 e. The Hall–Kier alpha value is -3.63. The van der Waals surface area contributed by atoms with Crippen LogP contribution in [0.1, 0.15) is 11.5 Å². The molecule has 2 aromatic carbocycles. The molecule has 3 rings (SSSR count). The van der Waals surface area contributed by atoms with E-state index < -0.39 is 16.7 Å². The van der Waals surface area contributed by atoms with Crippen molar-refractivity contribution in [3.63, 3.8) is 0 Å². The SMILES string of the molecule is COc1ccc([N+](=O)[O-])cc1OCc1nc(-c2cccc(C(F)(F)F)c2)no1. The molecule has 0 radical (unpaired) electrons. The number of ether oxygens (including phenoxy) is 2. The summed E-state index contributed by atoms with van der Waals surface area (Å²) in [6, 6.07) is 8.27. The molecule has 1 heterocycles. The predicted octanol–water partition coefficient (Wildman–Crippen LogP) is 4.25. The van der Waals surface area contributed by atoms with Gasteiger partial charge in [-0.2, -0.15) is 18.2 Å². The number of halogens is 3. The lowest BCUT2D eigenvalue weighted by atomic mass is 10.1. The van der Waals surface area contributed by atoms with E-state index in [9.17, 15) is 23.3 Å². The number of nitrogens with zero attached hydrogens (tertiary/aromatic N) is 3. The maximum atomic E-state index is 12.8. The first-order valence-corrected chi connectivity index (χ1v) is 7.73. The van der Waals surface area contributed by atoms with E-state index in [0.29, 0.717) is 0 Å². The maximum Gasteiger partial charge on any atom is 0.416 e. The Morgan fingerprint density at radius 1 is 1.18 bits per heavy atom. The van der Waals surface area contributed by atoms with Crippen molar-refractivity contribution < 1.29 is 32.1 Å². The monoisotopic (exact) mass is 395 g/mol. The molecule has 11 heteroatoms. The highest BCUT2D eigenvalue weighted by Gasteiger charge is 2.30. The van der Waals surface area contributed by atoms with Crippen LogP contribution < -0.4 is 9.47 Å². The van der Waals surface area contributed by atoms with Gasteiger partial charge in [-0.25, -0.2) is 0 Å². The van der Waals surface area contributed by atoms with E-state index in [1.54, 1.807) is 0 Å². The minimum Gasteiger partial charge on any atom is -0.493 e. The first kappa shape index (κ1) is 19.1. The van der Waals surface area contributed by atoms with E-state index in [4.69, 9.17) is 14.0 Å². The Kier molecular flexibility index (Phi) is 5.16. The number of aromatic nitrogens is 2. The second-order valence-corrected chi connectivity index (χ2v) is 5.47. The number of nitro groups is 1. The van der Waals surface area contributed by atoms with Gasteiger partial charge < -0.3 is 14.0 Å². The van der Waals surface area contributed by atoms with Crippen molar-refractivity contribution in [3.8, 4) is 22.9 Å². The number of rotatable bonds is 6. The highest BCUT2D eigenvalue weighted by molar-refractivity contribution is 5.55. The summed E-state index contributed by atoms with van der Waals surface area (Å²) in [7, 11) is 1.37. The van der Waals surface area contributed by atoms with Crippen LogP contribution in [0.3, 0.4) is 0 Å². The lowest BCUT2D eigenvalue weighted by Gasteiger charge is -2.08. The minimum absolute atomic E-state index is 0.0269. The number of non-ortho nitro benzene ring substituents is 1. The summed E-state index contributed by atoms with van der Waals surface area (Å²) in [6.45, 7) is -0.260. The average Bonchev–Trinajstić information content (AvgIpc) is 3.14. The Balaban J connectivity index is 1.78. The third-order valence-electron chi connectivity index (χ3n) is 3.63. The van der Waals surface area contributed by atoms with Crippen LogP contribution in [-0.4, -0.2) is 22.2 Å². The van der Waals surface area contributed by atoms with Crippen molar-refractivity contribution in [1.82, 2.24) is 10.1 Å². The smallest absolute Gasteiger partial charge is 0.416 e. The molecular weight excluding hydrogens is 383 g/mol. The lowest BCUT2D eigenvalue weighted by Crippen LogP contribution is -2.04. The van der Waals surface area contributed by atoms with Gasteiger partial charge in [0.05, 0.1) is 23.7 Å². The average molecular weight is 395 g/mol. The van der Waals surface area contributed by atoms with Gasteiger partial charge in [0.1, 0.15) is 0 Å². The zero-order valence-electron chi connectivity index (χ0n) is 14.3. The molecule has 0 N–H and O–H groups in total. The molecule has 0 aliphatic carbocycles. The predicted molar refractivity (Wildman–Crippen MR) is 88.7 cm³/mol. The molecule has 0 aliphatic heterocycles. The number of hydrogen-bond acceptors (Lipinski definition) is 7. The van der Waals surface area contributed by atoms with Crippen LogP contribution in [0.4, 0.5) is 18.9 Å². The molecule has 0 spiro atoms. The first-order chi connectivity index (χ1) is 13.3. The van der Waals surface area contributed by atoms with Gasteiger partial charge in [0.2, 0.25) is 5.82 Å². The van der Waals surface area contributed by atoms with Gasteiger partial charge in [0, 0.05) is 11.6 Å². The second-order valence-electron chi connectivity index (χ2n) is 5.47. The molecule has 146 valence electrons. The second kappa shape index (κ2) is 7.55. The summed E-state index contributed by atoms with van der Waals surface area (Å²) in [6.07, 6.45) is -4.50. The zero-order valence-corrected chi connectivity index (χ0v) is 14.3. The normalized spacial score (nSPS) is 11.3. The molecule has 0 aliphatic rings. The van der Waals surface area contributed by atoms with Gasteiger partial charge in [-0.15, -0.1) is 0 Å². The van der Waals surface area contributed by atoms with Gasteiger partial charge in [0.15, 0.2) is 18.1 Å². The fourth-order valence-corrected chi connectivity index (χ4v) is 2.30. The molecule has 8 nitrogen and oxygen atoms in total. The molecule has 0 saturated carbocycles. The molecule has 28 heavy (non-hydrogen) atoms. The van der Waals surface area contributed by atoms with E-state index in [-0.39, 0.29) is 41.1 Å². The Morgan fingerprint density at radius 2 is 1.96 bits per heavy atom. The Bertz CT molecular complexity index is 1000. The van der Waals surface area contributed by atoms with Crippen LogP contribution in [-0.2, 0) is 12.8 Å². The van der Waals surface area contributed by atoms with Crippen molar-refractivity contribution in [2.75, 3.05) is 7.11 Å². The van der Waals surface area contributed by atoms with Gasteiger partial charge in [0.25, 0.3) is 11.6 Å². The summed E-state index contributed by atoms with van der Waals surface area (Å²) in [4.78, 5) is 14.3.